The average molecular weight is 468 g/mol. The normalized spacial score (nSPS) is 10.8. The van der Waals surface area contributed by atoms with Crippen molar-refractivity contribution in [2.24, 2.45) is 0 Å². The minimum absolute atomic E-state index is 0.137. The lowest BCUT2D eigenvalue weighted by Crippen LogP contribution is -2.33. The second-order valence-electron chi connectivity index (χ2n) is 7.15. The van der Waals surface area contributed by atoms with Crippen LogP contribution in [0.1, 0.15) is 21.6 Å². The Morgan fingerprint density at radius 2 is 1.82 bits per heavy atom. The van der Waals surface area contributed by atoms with Gasteiger partial charge in [-0.05, 0) is 48.9 Å². The van der Waals surface area contributed by atoms with Crippen LogP contribution in [0.15, 0.2) is 61.2 Å². The van der Waals surface area contributed by atoms with Gasteiger partial charge in [-0.15, -0.1) is 0 Å². The van der Waals surface area contributed by atoms with Gasteiger partial charge in [-0.25, -0.2) is 18.7 Å². The van der Waals surface area contributed by atoms with E-state index in [1.807, 2.05) is 0 Å². The largest absolute Gasteiger partial charge is 0.343 e. The highest BCUT2D eigenvalue weighted by atomic mass is 35.5. The lowest BCUT2D eigenvalue weighted by atomic mass is 10.2. The molecule has 0 atom stereocenters. The van der Waals surface area contributed by atoms with E-state index in [4.69, 9.17) is 11.6 Å². The number of aromatic nitrogens is 5. The van der Waals surface area contributed by atoms with E-state index in [1.54, 1.807) is 54.3 Å². The van der Waals surface area contributed by atoms with Gasteiger partial charge in [-0.2, -0.15) is 10.2 Å². The molecule has 2 heterocycles. The van der Waals surface area contributed by atoms with Crippen LogP contribution >= 0.6 is 11.6 Å². The van der Waals surface area contributed by atoms with Crippen LogP contribution in [0.5, 0.6) is 0 Å². The molecule has 0 saturated carbocycles. The summed E-state index contributed by atoms with van der Waals surface area (Å²) in [6.07, 6.45) is 3.00. The maximum atomic E-state index is 13.1. The molecule has 0 fully saturated rings. The van der Waals surface area contributed by atoms with Gasteiger partial charge in [0.05, 0.1) is 30.0 Å². The third-order valence-corrected chi connectivity index (χ3v) is 5.17. The molecule has 0 aliphatic rings. The summed E-state index contributed by atoms with van der Waals surface area (Å²) in [5.41, 5.74) is 2.75. The van der Waals surface area contributed by atoms with Crippen molar-refractivity contribution in [3.05, 3.63) is 89.0 Å². The van der Waals surface area contributed by atoms with Crippen molar-refractivity contribution < 1.29 is 14.0 Å². The van der Waals surface area contributed by atoms with Crippen LogP contribution in [-0.4, -0.2) is 42.9 Å². The number of amides is 2. The zero-order chi connectivity index (χ0) is 23.4. The molecule has 168 valence electrons. The van der Waals surface area contributed by atoms with Gasteiger partial charge < -0.3 is 10.6 Å². The van der Waals surface area contributed by atoms with E-state index < -0.39 is 11.8 Å². The second kappa shape index (κ2) is 9.61. The average Bonchev–Trinajstić information content (AvgIpc) is 3.43. The number of halogens is 2. The molecule has 4 rings (SSSR count). The number of nitrogens with zero attached hydrogens (tertiary/aromatic N) is 5. The van der Waals surface area contributed by atoms with Crippen LogP contribution in [0, 0.1) is 12.7 Å². The fourth-order valence-electron chi connectivity index (χ4n) is 3.17. The maximum absolute atomic E-state index is 13.1. The number of aryl methyl sites for hydroxylation is 1. The summed E-state index contributed by atoms with van der Waals surface area (Å²) in [5, 5.41) is 13.7. The first kappa shape index (κ1) is 22.2. The number of hydrogen-bond donors (Lipinski definition) is 2. The molecule has 2 aromatic carbocycles. The first-order valence-corrected chi connectivity index (χ1v) is 10.3. The fraction of sp³-hybridized carbons (Fsp3) is 0.136. The molecule has 11 heteroatoms. The fourth-order valence-corrected chi connectivity index (χ4v) is 3.49. The quantitative estimate of drug-likeness (QED) is 0.434. The molecule has 0 aliphatic carbocycles. The Morgan fingerprint density at radius 3 is 2.48 bits per heavy atom. The molecular weight excluding hydrogens is 449 g/mol. The third kappa shape index (κ3) is 5.24. The molecule has 9 nitrogen and oxygen atoms in total. The van der Waals surface area contributed by atoms with Gasteiger partial charge in [-0.1, -0.05) is 23.7 Å². The van der Waals surface area contributed by atoms with Crippen molar-refractivity contribution >= 4 is 29.1 Å². The topological polar surface area (TPSA) is 107 Å². The van der Waals surface area contributed by atoms with Gasteiger partial charge in [0, 0.05) is 5.69 Å². The van der Waals surface area contributed by atoms with E-state index >= 15 is 0 Å². The Labute approximate surface area is 193 Å². The van der Waals surface area contributed by atoms with Gasteiger partial charge in [0.1, 0.15) is 23.6 Å². The Hall–Kier alpha value is -4.05. The van der Waals surface area contributed by atoms with E-state index in [0.29, 0.717) is 11.4 Å². The zero-order valence-electron chi connectivity index (χ0n) is 17.5. The summed E-state index contributed by atoms with van der Waals surface area (Å²) in [7, 11) is 0. The standard InChI is InChI=1S/C22H19ClFN7O2/c1-14-20(21(23)30(29-14)11-15-2-4-16(24)5-3-15)22(33)26-10-19(32)28-17-6-8-18(9-7-17)31-13-25-12-27-31/h2-9,12-13H,10-11H2,1H3,(H,26,33)(H,28,32). The number of hydrogen-bond acceptors (Lipinski definition) is 5. The highest BCUT2D eigenvalue weighted by Crippen LogP contribution is 2.21. The first-order chi connectivity index (χ1) is 15.9. The van der Waals surface area contributed by atoms with Crippen molar-refractivity contribution in [3.63, 3.8) is 0 Å². The molecule has 0 radical (unpaired) electrons. The summed E-state index contributed by atoms with van der Waals surface area (Å²) in [5.74, 6) is -1.25. The van der Waals surface area contributed by atoms with Crippen LogP contribution in [-0.2, 0) is 11.3 Å². The van der Waals surface area contributed by atoms with Gasteiger partial charge in [0.2, 0.25) is 5.91 Å². The Balaban J connectivity index is 1.35. The predicted molar refractivity (Wildman–Crippen MR) is 120 cm³/mol. The number of nitrogens with one attached hydrogen (secondary N) is 2. The summed E-state index contributed by atoms with van der Waals surface area (Å²) in [4.78, 5) is 28.8. The van der Waals surface area contributed by atoms with Gasteiger partial charge in [0.15, 0.2) is 0 Å². The summed E-state index contributed by atoms with van der Waals surface area (Å²) >= 11 is 6.36. The van der Waals surface area contributed by atoms with E-state index in [1.165, 1.54) is 23.1 Å². The molecule has 0 unspecified atom stereocenters. The van der Waals surface area contributed by atoms with E-state index in [0.717, 1.165) is 11.3 Å². The predicted octanol–water partition coefficient (Wildman–Crippen LogP) is 2.98. The molecule has 2 N–H and O–H groups in total. The van der Waals surface area contributed by atoms with Crippen LogP contribution < -0.4 is 10.6 Å². The lowest BCUT2D eigenvalue weighted by Gasteiger charge is -2.08. The summed E-state index contributed by atoms with van der Waals surface area (Å²) in [6, 6.07) is 12.9. The molecule has 0 aliphatic heterocycles. The third-order valence-electron chi connectivity index (χ3n) is 4.78. The van der Waals surface area contributed by atoms with Crippen LogP contribution in [0.25, 0.3) is 5.69 Å². The highest BCUT2D eigenvalue weighted by molar-refractivity contribution is 6.33. The zero-order valence-corrected chi connectivity index (χ0v) is 18.3. The maximum Gasteiger partial charge on any atom is 0.256 e. The Kier molecular flexibility index (Phi) is 6.45. The number of rotatable bonds is 7. The molecule has 0 saturated heterocycles. The Bertz CT molecular complexity index is 1270. The van der Waals surface area contributed by atoms with Crippen molar-refractivity contribution in [1.82, 2.24) is 29.9 Å². The second-order valence-corrected chi connectivity index (χ2v) is 7.51. The minimum atomic E-state index is -0.514. The molecule has 2 aromatic heterocycles. The minimum Gasteiger partial charge on any atom is -0.343 e. The molecule has 0 bridgehead atoms. The highest BCUT2D eigenvalue weighted by Gasteiger charge is 2.21. The number of anilines is 1. The molecular formula is C22H19ClFN7O2. The van der Waals surface area contributed by atoms with E-state index in [2.05, 4.69) is 25.8 Å². The molecule has 33 heavy (non-hydrogen) atoms. The van der Waals surface area contributed by atoms with Crippen LogP contribution in [0.3, 0.4) is 0 Å². The first-order valence-electron chi connectivity index (χ1n) is 9.91. The summed E-state index contributed by atoms with van der Waals surface area (Å²) < 4.78 is 16.1. The Morgan fingerprint density at radius 1 is 1.09 bits per heavy atom. The lowest BCUT2D eigenvalue weighted by molar-refractivity contribution is -0.115. The van der Waals surface area contributed by atoms with Crippen molar-refractivity contribution in [2.45, 2.75) is 13.5 Å². The van der Waals surface area contributed by atoms with Gasteiger partial charge in [-0.3, -0.25) is 9.59 Å². The number of benzene rings is 2. The van der Waals surface area contributed by atoms with E-state index in [-0.39, 0.29) is 29.6 Å². The van der Waals surface area contributed by atoms with Crippen molar-refractivity contribution in [3.8, 4) is 5.69 Å². The summed E-state index contributed by atoms with van der Waals surface area (Å²) in [6.45, 7) is 1.68. The van der Waals surface area contributed by atoms with Gasteiger partial charge >= 0.3 is 0 Å². The van der Waals surface area contributed by atoms with Gasteiger partial charge in [0.25, 0.3) is 5.91 Å². The van der Waals surface area contributed by atoms with E-state index in [9.17, 15) is 14.0 Å². The van der Waals surface area contributed by atoms with Crippen molar-refractivity contribution in [1.29, 1.82) is 0 Å². The van der Waals surface area contributed by atoms with Crippen LogP contribution in [0.2, 0.25) is 5.15 Å². The molecule has 4 aromatic rings. The van der Waals surface area contributed by atoms with Crippen LogP contribution in [0.4, 0.5) is 10.1 Å². The molecule has 2 amide bonds. The molecule has 0 spiro atoms. The van der Waals surface area contributed by atoms with Crippen molar-refractivity contribution in [2.75, 3.05) is 11.9 Å². The smallest absolute Gasteiger partial charge is 0.256 e. The monoisotopic (exact) mass is 467 g/mol. The number of carbonyl (C=O) groups is 2. The number of carbonyl (C=O) groups excluding carboxylic acids is 2. The SMILES string of the molecule is Cc1nn(Cc2ccc(F)cc2)c(Cl)c1C(=O)NCC(=O)Nc1ccc(-n2cncn2)cc1.